The van der Waals surface area contributed by atoms with Gasteiger partial charge in [0.05, 0.1) is 0 Å². The number of nitrogens with one attached hydrogen (secondary N) is 1. The van der Waals surface area contributed by atoms with E-state index in [-0.39, 0.29) is 11.9 Å². The van der Waals surface area contributed by atoms with Gasteiger partial charge in [-0.05, 0) is 48.2 Å². The molecule has 0 aliphatic carbocycles. The molecule has 0 amide bonds. The van der Waals surface area contributed by atoms with E-state index in [1.165, 1.54) is 23.3 Å². The van der Waals surface area contributed by atoms with Crippen molar-refractivity contribution in [3.8, 4) is 0 Å². The van der Waals surface area contributed by atoms with Crippen LogP contribution in [0.1, 0.15) is 36.6 Å². The van der Waals surface area contributed by atoms with Crippen molar-refractivity contribution >= 4 is 15.9 Å². The molecule has 0 saturated heterocycles. The summed E-state index contributed by atoms with van der Waals surface area (Å²) in [5, 5.41) is 3.51. The lowest BCUT2D eigenvalue weighted by molar-refractivity contribution is 0.547. The first-order valence-corrected chi connectivity index (χ1v) is 8.19. The average Bonchev–Trinajstić information content (AvgIpc) is 2.49. The second-order valence-corrected chi connectivity index (χ2v) is 6.00. The maximum absolute atomic E-state index is 13.2. The van der Waals surface area contributed by atoms with Gasteiger partial charge in [0.15, 0.2) is 0 Å². The first-order chi connectivity index (χ1) is 10.1. The van der Waals surface area contributed by atoms with Crippen LogP contribution in [0, 0.1) is 5.82 Å². The SMILES string of the molecule is CCNC(Cc1ccc(F)cc1Br)c1ccc(CC)cc1. The number of benzene rings is 2. The molecular formula is C18H21BrFN. The summed E-state index contributed by atoms with van der Waals surface area (Å²) in [6, 6.07) is 13.9. The molecule has 0 aliphatic heterocycles. The molecule has 1 atom stereocenters. The molecule has 0 bridgehead atoms. The Morgan fingerprint density at radius 2 is 1.81 bits per heavy atom. The highest BCUT2D eigenvalue weighted by Gasteiger charge is 2.13. The molecule has 2 aromatic carbocycles. The van der Waals surface area contributed by atoms with Crippen LogP contribution in [0.2, 0.25) is 0 Å². The van der Waals surface area contributed by atoms with Crippen molar-refractivity contribution in [2.24, 2.45) is 0 Å². The molecule has 0 spiro atoms. The van der Waals surface area contributed by atoms with Gasteiger partial charge < -0.3 is 5.32 Å². The fraction of sp³-hybridized carbons (Fsp3) is 0.333. The van der Waals surface area contributed by atoms with E-state index in [9.17, 15) is 4.39 Å². The van der Waals surface area contributed by atoms with Crippen LogP contribution >= 0.6 is 15.9 Å². The lowest BCUT2D eigenvalue weighted by Crippen LogP contribution is -2.23. The molecule has 2 rings (SSSR count). The van der Waals surface area contributed by atoms with Crippen LogP contribution < -0.4 is 5.32 Å². The Morgan fingerprint density at radius 3 is 2.38 bits per heavy atom. The van der Waals surface area contributed by atoms with Gasteiger partial charge >= 0.3 is 0 Å². The smallest absolute Gasteiger partial charge is 0.124 e. The van der Waals surface area contributed by atoms with Gasteiger partial charge in [-0.3, -0.25) is 0 Å². The standard InChI is InChI=1S/C18H21BrFN/c1-3-13-5-7-14(8-6-13)18(21-4-2)11-15-9-10-16(20)12-17(15)19/h5-10,12,18,21H,3-4,11H2,1-2H3. The zero-order chi connectivity index (χ0) is 15.2. The molecule has 0 radical (unpaired) electrons. The summed E-state index contributed by atoms with van der Waals surface area (Å²) >= 11 is 3.45. The number of hydrogen-bond acceptors (Lipinski definition) is 1. The van der Waals surface area contributed by atoms with Crippen molar-refractivity contribution < 1.29 is 4.39 Å². The van der Waals surface area contributed by atoms with Gasteiger partial charge in [0.2, 0.25) is 0 Å². The molecule has 0 fully saturated rings. The van der Waals surface area contributed by atoms with Gasteiger partial charge in [0, 0.05) is 10.5 Å². The average molecular weight is 350 g/mol. The Labute approximate surface area is 134 Å². The molecular weight excluding hydrogens is 329 g/mol. The summed E-state index contributed by atoms with van der Waals surface area (Å²) in [5.41, 5.74) is 3.73. The van der Waals surface area contributed by atoms with E-state index in [4.69, 9.17) is 0 Å². The molecule has 3 heteroatoms. The van der Waals surface area contributed by atoms with Gasteiger partial charge in [-0.15, -0.1) is 0 Å². The fourth-order valence-electron chi connectivity index (χ4n) is 2.45. The van der Waals surface area contributed by atoms with Crippen molar-refractivity contribution in [1.82, 2.24) is 5.32 Å². The van der Waals surface area contributed by atoms with Crippen LogP contribution in [0.3, 0.4) is 0 Å². The van der Waals surface area contributed by atoms with Crippen LogP contribution in [0.5, 0.6) is 0 Å². The van der Waals surface area contributed by atoms with Crippen LogP contribution in [0.4, 0.5) is 4.39 Å². The Bertz CT molecular complexity index is 580. The lowest BCUT2D eigenvalue weighted by Gasteiger charge is -2.19. The second kappa shape index (κ2) is 7.71. The van der Waals surface area contributed by atoms with E-state index in [0.29, 0.717) is 0 Å². The maximum atomic E-state index is 13.2. The summed E-state index contributed by atoms with van der Waals surface area (Å²) in [6.07, 6.45) is 1.88. The van der Waals surface area contributed by atoms with Gasteiger partial charge in [-0.1, -0.05) is 60.1 Å². The number of hydrogen-bond donors (Lipinski definition) is 1. The molecule has 0 aliphatic rings. The fourth-order valence-corrected chi connectivity index (χ4v) is 2.96. The zero-order valence-electron chi connectivity index (χ0n) is 12.5. The zero-order valence-corrected chi connectivity index (χ0v) is 14.1. The third-order valence-electron chi connectivity index (χ3n) is 3.68. The van der Waals surface area contributed by atoms with Gasteiger partial charge in [0.25, 0.3) is 0 Å². The minimum atomic E-state index is -0.210. The highest BCUT2D eigenvalue weighted by atomic mass is 79.9. The highest BCUT2D eigenvalue weighted by molar-refractivity contribution is 9.10. The number of rotatable bonds is 6. The Kier molecular flexibility index (Phi) is 5.95. The van der Waals surface area contributed by atoms with Crippen LogP contribution in [0.25, 0.3) is 0 Å². The topological polar surface area (TPSA) is 12.0 Å². The largest absolute Gasteiger partial charge is 0.310 e. The highest BCUT2D eigenvalue weighted by Crippen LogP contribution is 2.25. The Balaban J connectivity index is 2.21. The van der Waals surface area contributed by atoms with Crippen molar-refractivity contribution in [3.05, 3.63) is 69.4 Å². The van der Waals surface area contributed by atoms with Crippen molar-refractivity contribution in [1.29, 1.82) is 0 Å². The van der Waals surface area contributed by atoms with E-state index >= 15 is 0 Å². The molecule has 2 aromatic rings. The molecule has 112 valence electrons. The first kappa shape index (κ1) is 16.2. The molecule has 0 saturated carbocycles. The third-order valence-corrected chi connectivity index (χ3v) is 4.42. The van der Waals surface area contributed by atoms with Gasteiger partial charge in [-0.25, -0.2) is 4.39 Å². The Hall–Kier alpha value is -1.19. The van der Waals surface area contributed by atoms with Crippen LogP contribution in [-0.4, -0.2) is 6.54 Å². The van der Waals surface area contributed by atoms with E-state index in [0.717, 1.165) is 29.4 Å². The molecule has 0 aromatic heterocycles. The van der Waals surface area contributed by atoms with E-state index in [1.807, 2.05) is 6.07 Å². The minimum absolute atomic E-state index is 0.210. The summed E-state index contributed by atoms with van der Waals surface area (Å²) in [6.45, 7) is 5.17. The predicted molar refractivity (Wildman–Crippen MR) is 90.0 cm³/mol. The Morgan fingerprint density at radius 1 is 1.10 bits per heavy atom. The van der Waals surface area contributed by atoms with Crippen molar-refractivity contribution in [3.63, 3.8) is 0 Å². The van der Waals surface area contributed by atoms with E-state index < -0.39 is 0 Å². The monoisotopic (exact) mass is 349 g/mol. The van der Waals surface area contributed by atoms with Gasteiger partial charge in [0.1, 0.15) is 5.82 Å². The normalized spacial score (nSPS) is 12.4. The minimum Gasteiger partial charge on any atom is -0.310 e. The molecule has 0 heterocycles. The lowest BCUT2D eigenvalue weighted by atomic mass is 9.97. The van der Waals surface area contributed by atoms with Crippen molar-refractivity contribution in [2.45, 2.75) is 32.7 Å². The maximum Gasteiger partial charge on any atom is 0.124 e. The van der Waals surface area contributed by atoms with E-state index in [1.54, 1.807) is 0 Å². The number of halogens is 2. The summed E-state index contributed by atoms with van der Waals surface area (Å²) in [5.74, 6) is -0.210. The van der Waals surface area contributed by atoms with Crippen LogP contribution in [-0.2, 0) is 12.8 Å². The summed E-state index contributed by atoms with van der Waals surface area (Å²) in [4.78, 5) is 0. The molecule has 1 unspecified atom stereocenters. The third kappa shape index (κ3) is 4.39. The number of likely N-dealkylation sites (N-methyl/N-ethyl adjacent to an activating group) is 1. The molecule has 1 nitrogen and oxygen atoms in total. The van der Waals surface area contributed by atoms with Crippen molar-refractivity contribution in [2.75, 3.05) is 6.54 Å². The molecule has 21 heavy (non-hydrogen) atoms. The number of aryl methyl sites for hydroxylation is 1. The predicted octanol–water partition coefficient (Wildman–Crippen LogP) is 5.04. The van der Waals surface area contributed by atoms with Crippen LogP contribution in [0.15, 0.2) is 46.9 Å². The second-order valence-electron chi connectivity index (χ2n) is 5.15. The first-order valence-electron chi connectivity index (χ1n) is 7.40. The molecule has 1 N–H and O–H groups in total. The summed E-state index contributed by atoms with van der Waals surface area (Å²) in [7, 11) is 0. The quantitative estimate of drug-likeness (QED) is 0.769. The summed E-state index contributed by atoms with van der Waals surface area (Å²) < 4.78 is 14.0. The van der Waals surface area contributed by atoms with E-state index in [2.05, 4.69) is 59.4 Å². The van der Waals surface area contributed by atoms with Gasteiger partial charge in [-0.2, -0.15) is 0 Å².